The Balaban J connectivity index is 1.46. The SMILES string of the molecule is COc1ccc(CC(=O)O)cc1C(CCCNC(=O)OCc1ccc(Cl)cc1Cl)C(=O)N[C@H]1C(=O)N2C(C(=O)O)=C(CO)CS[C@@H]12. The predicted octanol–water partition coefficient (Wildman–Crippen LogP) is 3.15. The number of amides is 3. The molecule has 2 aromatic rings. The van der Waals surface area contributed by atoms with Gasteiger partial charge in [-0.3, -0.25) is 19.3 Å². The lowest BCUT2D eigenvalue weighted by atomic mass is 9.89. The number of alkyl carbamates (subject to hydrolysis) is 1. The lowest BCUT2D eigenvalue weighted by molar-refractivity contribution is -0.151. The van der Waals surface area contributed by atoms with Crippen LogP contribution in [0, 0.1) is 0 Å². The van der Waals surface area contributed by atoms with Crippen molar-refractivity contribution in [2.24, 2.45) is 0 Å². The smallest absolute Gasteiger partial charge is 0.407 e. The number of aliphatic hydroxyl groups excluding tert-OH is 1. The molecule has 0 radical (unpaired) electrons. The van der Waals surface area contributed by atoms with Crippen LogP contribution in [0.25, 0.3) is 0 Å². The summed E-state index contributed by atoms with van der Waals surface area (Å²) in [5, 5.41) is 34.0. The maximum atomic E-state index is 13.8. The van der Waals surface area contributed by atoms with E-state index in [1.54, 1.807) is 30.3 Å². The number of benzene rings is 2. The molecule has 4 rings (SSSR count). The Morgan fingerprint density at radius 2 is 1.89 bits per heavy atom. The van der Waals surface area contributed by atoms with Gasteiger partial charge in [0.15, 0.2) is 0 Å². The van der Waals surface area contributed by atoms with Gasteiger partial charge in [-0.15, -0.1) is 11.8 Å². The second-order valence-electron chi connectivity index (χ2n) is 10.4. The van der Waals surface area contributed by atoms with E-state index in [-0.39, 0.29) is 49.4 Å². The van der Waals surface area contributed by atoms with E-state index in [4.69, 9.17) is 32.7 Å². The van der Waals surface area contributed by atoms with Gasteiger partial charge in [-0.1, -0.05) is 41.4 Å². The van der Waals surface area contributed by atoms with Crippen molar-refractivity contribution in [3.8, 4) is 5.75 Å². The second kappa shape index (κ2) is 15.5. The van der Waals surface area contributed by atoms with Gasteiger partial charge in [0.25, 0.3) is 5.91 Å². The molecule has 3 atom stereocenters. The molecule has 0 aliphatic carbocycles. The molecule has 2 heterocycles. The Labute approximate surface area is 277 Å². The molecule has 2 aromatic carbocycles. The fraction of sp³-hybridized carbons (Fsp3) is 0.367. The Morgan fingerprint density at radius 1 is 1.13 bits per heavy atom. The molecule has 1 unspecified atom stereocenters. The first-order valence-electron chi connectivity index (χ1n) is 14.0. The molecule has 46 heavy (non-hydrogen) atoms. The first-order valence-corrected chi connectivity index (χ1v) is 15.8. The maximum Gasteiger partial charge on any atom is 0.407 e. The van der Waals surface area contributed by atoms with E-state index in [2.05, 4.69) is 10.6 Å². The number of thioether (sulfide) groups is 1. The highest BCUT2D eigenvalue weighted by atomic mass is 35.5. The highest BCUT2D eigenvalue weighted by Gasteiger charge is 2.54. The van der Waals surface area contributed by atoms with Crippen molar-refractivity contribution in [3.63, 3.8) is 0 Å². The monoisotopic (exact) mass is 695 g/mol. The molecule has 0 bridgehead atoms. The number of aliphatic hydroxyl groups is 1. The Hall–Kier alpha value is -3.98. The second-order valence-corrected chi connectivity index (χ2v) is 12.3. The zero-order valence-electron chi connectivity index (χ0n) is 24.5. The zero-order valence-corrected chi connectivity index (χ0v) is 26.8. The average Bonchev–Trinajstić information content (AvgIpc) is 3.01. The number of carbonyl (C=O) groups is 5. The number of carboxylic acids is 2. The molecule has 0 aromatic heterocycles. The fourth-order valence-electron chi connectivity index (χ4n) is 5.16. The van der Waals surface area contributed by atoms with Crippen LogP contribution in [0.1, 0.15) is 35.4 Å². The summed E-state index contributed by atoms with van der Waals surface area (Å²) in [6.07, 6.45) is -0.593. The number of β-lactam (4-membered cyclic amide) rings is 1. The fourth-order valence-corrected chi connectivity index (χ4v) is 6.96. The normalized spacial score (nSPS) is 17.8. The van der Waals surface area contributed by atoms with Crippen LogP contribution in [0.4, 0.5) is 4.79 Å². The first-order chi connectivity index (χ1) is 21.9. The highest BCUT2D eigenvalue weighted by Crippen LogP contribution is 2.41. The summed E-state index contributed by atoms with van der Waals surface area (Å²) in [6, 6.07) is 8.42. The predicted molar refractivity (Wildman–Crippen MR) is 168 cm³/mol. The standard InChI is InChI=1S/C30H31Cl2N3O10S/c1-44-22-7-4-15(10-23(37)38)9-20(22)19(3-2-8-33-30(43)45-13-16-5-6-18(31)11-21(16)32)26(39)34-24-27(40)35-25(29(41)42)17(12-36)14-46-28(24)35/h4-7,9,11,19,24,28,36H,2-3,8,10,12-14H2,1H3,(H,33,43)(H,34,39)(H,37,38)(H,41,42)/t19?,24-,28-/m0/s1. The van der Waals surface area contributed by atoms with Gasteiger partial charge in [0.2, 0.25) is 5.91 Å². The van der Waals surface area contributed by atoms with Crippen LogP contribution in [0.2, 0.25) is 10.0 Å². The summed E-state index contributed by atoms with van der Waals surface area (Å²) in [5.74, 6) is -4.08. The lowest BCUT2D eigenvalue weighted by Gasteiger charge is -2.49. The maximum absolute atomic E-state index is 13.8. The number of aliphatic carboxylic acids is 2. The number of carboxylic acid groups (broad SMARTS) is 2. The molecule has 5 N–H and O–H groups in total. The largest absolute Gasteiger partial charge is 0.496 e. The van der Waals surface area contributed by atoms with Crippen molar-refractivity contribution in [3.05, 3.63) is 74.4 Å². The Bertz CT molecular complexity index is 1570. The van der Waals surface area contributed by atoms with E-state index >= 15 is 0 Å². The number of ether oxygens (including phenoxy) is 2. The van der Waals surface area contributed by atoms with Crippen molar-refractivity contribution < 1.29 is 48.8 Å². The molecule has 246 valence electrons. The molecule has 1 fully saturated rings. The third kappa shape index (κ3) is 8.05. The molecule has 2 aliphatic heterocycles. The third-order valence-electron chi connectivity index (χ3n) is 7.39. The van der Waals surface area contributed by atoms with Gasteiger partial charge in [0.1, 0.15) is 29.5 Å². The van der Waals surface area contributed by atoms with Crippen LogP contribution < -0.4 is 15.4 Å². The van der Waals surface area contributed by atoms with Crippen molar-refractivity contribution in [2.45, 2.75) is 43.2 Å². The minimum absolute atomic E-state index is 0.0926. The summed E-state index contributed by atoms with van der Waals surface area (Å²) in [6.45, 7) is -0.503. The number of halogens is 2. The molecule has 0 spiro atoms. The number of carbonyl (C=O) groups excluding carboxylic acids is 3. The number of rotatable bonds is 14. The molecule has 13 nitrogen and oxygen atoms in total. The first kappa shape index (κ1) is 34.9. The lowest BCUT2D eigenvalue weighted by Crippen LogP contribution is -2.71. The minimum atomic E-state index is -1.35. The van der Waals surface area contributed by atoms with Gasteiger partial charge < -0.3 is 35.4 Å². The topological polar surface area (TPSA) is 192 Å². The van der Waals surface area contributed by atoms with Crippen LogP contribution in [0.5, 0.6) is 5.75 Å². The van der Waals surface area contributed by atoms with Crippen molar-refractivity contribution >= 4 is 64.8 Å². The number of nitrogens with one attached hydrogen (secondary N) is 2. The van der Waals surface area contributed by atoms with E-state index in [1.165, 1.54) is 24.9 Å². The van der Waals surface area contributed by atoms with Crippen LogP contribution >= 0.6 is 35.0 Å². The summed E-state index contributed by atoms with van der Waals surface area (Å²) in [4.78, 5) is 63.4. The van der Waals surface area contributed by atoms with Gasteiger partial charge in [-0.05, 0) is 42.2 Å². The zero-order chi connectivity index (χ0) is 33.5. The Kier molecular flexibility index (Phi) is 11.8. The number of methoxy groups -OCH3 is 1. The van der Waals surface area contributed by atoms with Crippen molar-refractivity contribution in [2.75, 3.05) is 26.0 Å². The third-order valence-corrected chi connectivity index (χ3v) is 9.32. The van der Waals surface area contributed by atoms with E-state index < -0.39 is 53.8 Å². The van der Waals surface area contributed by atoms with Gasteiger partial charge in [-0.25, -0.2) is 9.59 Å². The molecule has 0 saturated carbocycles. The quantitative estimate of drug-likeness (QED) is 0.144. The van der Waals surface area contributed by atoms with Crippen LogP contribution in [0.15, 0.2) is 47.7 Å². The number of hydrogen-bond acceptors (Lipinski definition) is 9. The van der Waals surface area contributed by atoms with Crippen molar-refractivity contribution in [1.82, 2.24) is 15.5 Å². The van der Waals surface area contributed by atoms with Gasteiger partial charge in [0, 0.05) is 33.5 Å². The highest BCUT2D eigenvalue weighted by molar-refractivity contribution is 8.00. The summed E-state index contributed by atoms with van der Waals surface area (Å²) in [7, 11) is 1.40. The Morgan fingerprint density at radius 3 is 2.54 bits per heavy atom. The number of nitrogens with zero attached hydrogens (tertiary/aromatic N) is 1. The molecule has 1 saturated heterocycles. The van der Waals surface area contributed by atoms with Gasteiger partial charge in [-0.2, -0.15) is 0 Å². The minimum Gasteiger partial charge on any atom is -0.496 e. The van der Waals surface area contributed by atoms with E-state index in [1.807, 2.05) is 0 Å². The van der Waals surface area contributed by atoms with Crippen LogP contribution in [-0.2, 0) is 36.9 Å². The van der Waals surface area contributed by atoms with Gasteiger partial charge >= 0.3 is 18.0 Å². The average molecular weight is 697 g/mol. The van der Waals surface area contributed by atoms with Crippen LogP contribution in [0.3, 0.4) is 0 Å². The molecular weight excluding hydrogens is 665 g/mol. The summed E-state index contributed by atoms with van der Waals surface area (Å²) >= 11 is 13.2. The number of hydrogen-bond donors (Lipinski definition) is 5. The van der Waals surface area contributed by atoms with Crippen LogP contribution in [-0.4, -0.2) is 87.5 Å². The van der Waals surface area contributed by atoms with E-state index in [0.29, 0.717) is 32.5 Å². The molecule has 16 heteroatoms. The van der Waals surface area contributed by atoms with Crippen molar-refractivity contribution in [1.29, 1.82) is 0 Å². The molecular formula is C30H31Cl2N3O10S. The van der Waals surface area contributed by atoms with E-state index in [9.17, 15) is 39.3 Å². The van der Waals surface area contributed by atoms with Gasteiger partial charge in [0.05, 0.1) is 26.1 Å². The summed E-state index contributed by atoms with van der Waals surface area (Å²) < 4.78 is 10.7. The molecule has 2 aliphatic rings. The summed E-state index contributed by atoms with van der Waals surface area (Å²) in [5.41, 5.74) is 1.27. The number of fused-ring (bicyclic) bond motifs is 1. The van der Waals surface area contributed by atoms with E-state index in [0.717, 1.165) is 4.90 Å². The molecule has 3 amide bonds.